The Kier molecular flexibility index (Phi) is 4.43. The number of hydrogen-bond acceptors (Lipinski definition) is 9. The van der Waals surface area contributed by atoms with E-state index in [0.717, 1.165) is 44.5 Å². The first-order chi connectivity index (χ1) is 17.1. The molecule has 3 aliphatic heterocycles. The summed E-state index contributed by atoms with van der Waals surface area (Å²) in [6.45, 7) is 0.0730. The lowest BCUT2D eigenvalue weighted by Crippen LogP contribution is -2.56. The zero-order valence-corrected chi connectivity index (χ0v) is 18.7. The van der Waals surface area contributed by atoms with Crippen LogP contribution in [-0.2, 0) is 16.0 Å². The fraction of sp³-hybridized carbons (Fsp3) is 0.320. The highest BCUT2D eigenvalue weighted by Crippen LogP contribution is 2.44. The Labute approximate surface area is 199 Å². The van der Waals surface area contributed by atoms with Crippen molar-refractivity contribution in [1.82, 2.24) is 14.5 Å². The second kappa shape index (κ2) is 7.46. The van der Waals surface area contributed by atoms with E-state index < -0.39 is 37.3 Å². The molecule has 2 unspecified atom stereocenters. The van der Waals surface area contributed by atoms with Crippen molar-refractivity contribution in [2.45, 2.75) is 37.2 Å². The predicted octanol–water partition coefficient (Wildman–Crippen LogP) is 1.21. The molecule has 0 saturated carbocycles. The van der Waals surface area contributed by atoms with Gasteiger partial charge < -0.3 is 34.1 Å². The summed E-state index contributed by atoms with van der Waals surface area (Å²) in [5, 5.41) is 31.2. The molecule has 5 atom stereocenters. The molecule has 3 aliphatic rings. The minimum absolute atomic E-state index is 0.307. The van der Waals surface area contributed by atoms with Gasteiger partial charge in [0, 0.05) is 11.6 Å². The quantitative estimate of drug-likeness (QED) is 0.356. The van der Waals surface area contributed by atoms with E-state index in [1.54, 1.807) is 7.11 Å². The van der Waals surface area contributed by atoms with Crippen molar-refractivity contribution in [2.75, 3.05) is 13.7 Å². The van der Waals surface area contributed by atoms with Gasteiger partial charge in [0.05, 0.1) is 53.6 Å². The maximum Gasteiger partial charge on any atom is 0.227 e. The summed E-state index contributed by atoms with van der Waals surface area (Å²) in [7, 11) is 1.63. The Balaban J connectivity index is 1.39. The Morgan fingerprint density at radius 2 is 1.89 bits per heavy atom. The number of nitrogens with zero attached hydrogens (tertiary/aromatic N) is 4. The number of aliphatic imine (C=N–C) groups is 1. The van der Waals surface area contributed by atoms with Crippen molar-refractivity contribution in [3.05, 3.63) is 53.9 Å². The molecule has 35 heavy (non-hydrogen) atoms. The Bertz CT molecular complexity index is 1530. The lowest BCUT2D eigenvalue weighted by molar-refractivity contribution is -0.234. The largest absolute Gasteiger partial charge is 0.496 e. The second-order valence-corrected chi connectivity index (χ2v) is 8.97. The van der Waals surface area contributed by atoms with Gasteiger partial charge in [-0.05, 0) is 24.3 Å². The van der Waals surface area contributed by atoms with Crippen molar-refractivity contribution < 1.29 is 29.5 Å². The average Bonchev–Trinajstić information content (AvgIpc) is 3.47. The summed E-state index contributed by atoms with van der Waals surface area (Å²) < 4.78 is 19.4. The van der Waals surface area contributed by atoms with Crippen molar-refractivity contribution in [3.63, 3.8) is 0 Å². The van der Waals surface area contributed by atoms with Gasteiger partial charge in [-0.15, -0.1) is 0 Å². The molecule has 5 heterocycles. The summed E-state index contributed by atoms with van der Waals surface area (Å²) in [5.41, 5.74) is 5.73. The number of methoxy groups -OCH3 is 1. The molecule has 2 aromatic heterocycles. The van der Waals surface area contributed by atoms with Gasteiger partial charge in [0.1, 0.15) is 35.8 Å². The molecule has 4 aromatic rings. The minimum atomic E-state index is -1.26. The van der Waals surface area contributed by atoms with E-state index in [1.807, 2.05) is 42.6 Å². The Hall–Kier alpha value is -3.57. The number of rotatable bonds is 3. The molecule has 3 N–H and O–H groups in total. The van der Waals surface area contributed by atoms with Crippen LogP contribution in [0.15, 0.2) is 47.6 Å². The summed E-state index contributed by atoms with van der Waals surface area (Å²) in [5.74, 6) is 0.992. The van der Waals surface area contributed by atoms with Crippen LogP contribution in [-0.4, -0.2) is 80.1 Å². The molecule has 1 fully saturated rings. The van der Waals surface area contributed by atoms with Gasteiger partial charge in [-0.25, -0.2) is 15.0 Å². The lowest BCUT2D eigenvalue weighted by atomic mass is 9.98. The van der Waals surface area contributed by atoms with Crippen molar-refractivity contribution in [1.29, 1.82) is 0 Å². The van der Waals surface area contributed by atoms with Crippen LogP contribution in [0.25, 0.3) is 33.2 Å². The summed E-state index contributed by atoms with van der Waals surface area (Å²) in [6.07, 6.45) is -2.37. The maximum absolute atomic E-state index is 10.5. The van der Waals surface area contributed by atoms with Crippen molar-refractivity contribution >= 4 is 27.8 Å². The molecule has 178 valence electrons. The minimum Gasteiger partial charge on any atom is -0.496 e. The van der Waals surface area contributed by atoms with Gasteiger partial charge in [-0.1, -0.05) is 12.1 Å². The first-order valence-electron chi connectivity index (χ1n) is 11.4. The standard InChI is InChI=1S/C25H22N4O6/c1-33-16-7-6-11-12(24-28-20-23(32)22(31)17(10-30)34-25(20)35-24)8-29-9-15-19(18(16)21(11)29)27-14-5-3-2-4-13(14)26-15/h2-8,17,20,22-23,25,30-32H,9-10H2,1H3/t17?,20-,22-,23?,25-/m1/s1. The van der Waals surface area contributed by atoms with Crippen LogP contribution in [0.4, 0.5) is 0 Å². The number of hydrogen-bond donors (Lipinski definition) is 3. The molecule has 7 rings (SSSR count). The van der Waals surface area contributed by atoms with Gasteiger partial charge in [-0.3, -0.25) is 0 Å². The summed E-state index contributed by atoms with van der Waals surface area (Å²) in [6, 6.07) is 10.8. The number of ether oxygens (including phenoxy) is 3. The third kappa shape index (κ3) is 2.88. The van der Waals surface area contributed by atoms with Crippen LogP contribution < -0.4 is 4.74 Å². The predicted molar refractivity (Wildman–Crippen MR) is 125 cm³/mol. The fourth-order valence-corrected chi connectivity index (χ4v) is 5.29. The summed E-state index contributed by atoms with van der Waals surface area (Å²) >= 11 is 0. The molecule has 0 radical (unpaired) electrons. The molecule has 10 heteroatoms. The Morgan fingerprint density at radius 3 is 2.66 bits per heavy atom. The number of aliphatic hydroxyl groups excluding tert-OH is 3. The van der Waals surface area contributed by atoms with Crippen LogP contribution >= 0.6 is 0 Å². The number of benzene rings is 2. The van der Waals surface area contributed by atoms with Gasteiger partial charge in [0.2, 0.25) is 12.2 Å². The van der Waals surface area contributed by atoms with E-state index in [4.69, 9.17) is 24.2 Å². The average molecular weight is 474 g/mol. The smallest absolute Gasteiger partial charge is 0.227 e. The molecule has 0 aliphatic carbocycles. The SMILES string of the molecule is COc1ccc2c(C3=N[C@@H]4C(O)[C@H](O)C(CO)O[C@@H]4O3)cn3c2c1-c1nc2ccccc2nc1C3. The number of fused-ring (bicyclic) bond motifs is 4. The third-order valence-electron chi connectivity index (χ3n) is 6.99. The monoisotopic (exact) mass is 474 g/mol. The number of aliphatic hydroxyl groups is 3. The zero-order chi connectivity index (χ0) is 23.8. The van der Waals surface area contributed by atoms with E-state index >= 15 is 0 Å². The molecule has 1 saturated heterocycles. The highest BCUT2D eigenvalue weighted by Gasteiger charge is 2.49. The van der Waals surface area contributed by atoms with E-state index in [-0.39, 0.29) is 0 Å². The summed E-state index contributed by atoms with van der Waals surface area (Å²) in [4.78, 5) is 14.4. The highest BCUT2D eigenvalue weighted by atomic mass is 16.7. The second-order valence-electron chi connectivity index (χ2n) is 8.97. The van der Waals surface area contributed by atoms with Crippen LogP contribution in [0.2, 0.25) is 0 Å². The van der Waals surface area contributed by atoms with E-state index in [1.165, 1.54) is 0 Å². The van der Waals surface area contributed by atoms with E-state index in [2.05, 4.69) is 9.56 Å². The topological polar surface area (TPSA) is 131 Å². The maximum atomic E-state index is 10.5. The molecular weight excluding hydrogens is 452 g/mol. The highest BCUT2D eigenvalue weighted by molar-refractivity contribution is 6.12. The Morgan fingerprint density at radius 1 is 1.09 bits per heavy atom. The number of para-hydroxylation sites is 2. The molecule has 0 bridgehead atoms. The normalized spacial score (nSPS) is 26.9. The number of aromatic nitrogens is 3. The van der Waals surface area contributed by atoms with Gasteiger partial charge >= 0.3 is 0 Å². The van der Waals surface area contributed by atoms with Gasteiger partial charge in [0.15, 0.2) is 0 Å². The zero-order valence-electron chi connectivity index (χ0n) is 18.7. The molecule has 2 aromatic carbocycles. The van der Waals surface area contributed by atoms with Crippen LogP contribution in [0.1, 0.15) is 11.3 Å². The lowest BCUT2D eigenvalue weighted by Gasteiger charge is -2.36. The molecule has 0 amide bonds. The van der Waals surface area contributed by atoms with Gasteiger partial charge in [0.25, 0.3) is 0 Å². The first-order valence-corrected chi connectivity index (χ1v) is 11.4. The van der Waals surface area contributed by atoms with Crippen LogP contribution in [0.3, 0.4) is 0 Å². The first kappa shape index (κ1) is 20.8. The van der Waals surface area contributed by atoms with E-state index in [9.17, 15) is 15.3 Å². The molecule has 10 nitrogen and oxygen atoms in total. The van der Waals surface area contributed by atoms with Crippen LogP contribution in [0, 0.1) is 0 Å². The fourth-order valence-electron chi connectivity index (χ4n) is 5.29. The van der Waals surface area contributed by atoms with Crippen molar-refractivity contribution in [3.8, 4) is 17.0 Å². The third-order valence-corrected chi connectivity index (χ3v) is 6.99. The van der Waals surface area contributed by atoms with E-state index in [0.29, 0.717) is 18.2 Å². The molecular formula is C25H22N4O6. The van der Waals surface area contributed by atoms with Crippen LogP contribution in [0.5, 0.6) is 5.75 Å². The van der Waals surface area contributed by atoms with Crippen molar-refractivity contribution in [2.24, 2.45) is 4.99 Å². The van der Waals surface area contributed by atoms with Gasteiger partial charge in [-0.2, -0.15) is 0 Å². The molecule has 0 spiro atoms.